The van der Waals surface area contributed by atoms with Crippen molar-refractivity contribution in [2.45, 2.75) is 6.54 Å². The molecule has 3 aromatic carbocycles. The topological polar surface area (TPSA) is 101 Å². The van der Waals surface area contributed by atoms with Crippen molar-refractivity contribution in [2.24, 2.45) is 0 Å². The summed E-state index contributed by atoms with van der Waals surface area (Å²) in [6.07, 6.45) is 0. The first-order chi connectivity index (χ1) is 18.5. The second-order valence-electron chi connectivity index (χ2n) is 8.72. The lowest BCUT2D eigenvalue weighted by molar-refractivity contribution is 0.102. The Kier molecular flexibility index (Phi) is 7.83. The van der Waals surface area contributed by atoms with Gasteiger partial charge in [0.15, 0.2) is 11.5 Å². The maximum absolute atomic E-state index is 14.6. The number of fused-ring (bicyclic) bond motifs is 2. The van der Waals surface area contributed by atoms with Crippen molar-refractivity contribution in [3.63, 3.8) is 0 Å². The van der Waals surface area contributed by atoms with Gasteiger partial charge in [0, 0.05) is 35.6 Å². The lowest BCUT2D eigenvalue weighted by Crippen LogP contribution is -2.24. The fourth-order valence-corrected chi connectivity index (χ4v) is 5.04. The maximum atomic E-state index is 14.6. The fourth-order valence-electron chi connectivity index (χ4n) is 4.01. The highest BCUT2D eigenvalue weighted by molar-refractivity contribution is 7.20. The number of hydrogen-bond donors (Lipinski definition) is 4. The van der Waals surface area contributed by atoms with Crippen LogP contribution in [-0.2, 0) is 6.54 Å². The van der Waals surface area contributed by atoms with Crippen LogP contribution in [-0.4, -0.2) is 45.2 Å². The summed E-state index contributed by atoms with van der Waals surface area (Å²) in [7, 11) is 1.91. The van der Waals surface area contributed by atoms with Crippen LogP contribution in [0.5, 0.6) is 11.5 Å². The molecule has 5 rings (SSSR count). The third kappa shape index (κ3) is 5.94. The maximum Gasteiger partial charge on any atom is 0.265 e. The Morgan fingerprint density at radius 1 is 0.895 bits per heavy atom. The van der Waals surface area contributed by atoms with E-state index in [1.807, 2.05) is 19.2 Å². The monoisotopic (exact) mass is 534 g/mol. The normalized spacial score (nSPS) is 12.4. The largest absolute Gasteiger partial charge is 0.486 e. The van der Waals surface area contributed by atoms with Crippen LogP contribution in [0.25, 0.3) is 10.1 Å². The van der Waals surface area contributed by atoms with Crippen molar-refractivity contribution >= 4 is 44.6 Å². The summed E-state index contributed by atoms with van der Waals surface area (Å²) in [5.74, 6) is -0.345. The van der Waals surface area contributed by atoms with E-state index in [1.165, 1.54) is 29.5 Å². The number of ether oxygens (including phenoxy) is 2. The van der Waals surface area contributed by atoms with E-state index in [-0.39, 0.29) is 5.69 Å². The molecule has 1 aromatic heterocycles. The molecule has 0 aliphatic carbocycles. The molecule has 0 saturated heterocycles. The highest BCUT2D eigenvalue weighted by Crippen LogP contribution is 2.31. The van der Waals surface area contributed by atoms with Crippen LogP contribution in [0.3, 0.4) is 0 Å². The number of benzene rings is 3. The number of hydrogen-bond acceptors (Lipinski definition) is 7. The summed E-state index contributed by atoms with van der Waals surface area (Å²) in [5.41, 5.74) is 1.80. The molecule has 1 aliphatic heterocycles. The lowest BCUT2D eigenvalue weighted by Gasteiger charge is -2.18. The Morgan fingerprint density at radius 2 is 1.74 bits per heavy atom. The number of nitrogens with one attached hydrogen (secondary N) is 4. The van der Waals surface area contributed by atoms with Gasteiger partial charge in [-0.1, -0.05) is 12.1 Å². The Hall–Kier alpha value is -3.99. The number of thiophene rings is 1. The molecular formula is C28H27FN4O4S. The Balaban J connectivity index is 1.26. The van der Waals surface area contributed by atoms with Gasteiger partial charge in [-0.3, -0.25) is 9.59 Å². The van der Waals surface area contributed by atoms with Crippen LogP contribution < -0.4 is 30.7 Å². The smallest absolute Gasteiger partial charge is 0.265 e. The van der Waals surface area contributed by atoms with Gasteiger partial charge in [0.2, 0.25) is 0 Å². The van der Waals surface area contributed by atoms with Crippen LogP contribution in [0.15, 0.2) is 60.7 Å². The standard InChI is InChI=1S/C28H27FN4O4S/c1-30-8-9-31-16-17-2-3-18-14-26(38-25(18)12-17)28(35)33-22-15-20(5-6-21(22)29)32-27(34)19-4-7-23-24(13-19)37-11-10-36-23/h2-7,12-15,30-31H,8-11,16H2,1H3,(H,32,34)(H,33,35). The lowest BCUT2D eigenvalue weighted by atomic mass is 10.1. The molecule has 0 radical (unpaired) electrons. The summed E-state index contributed by atoms with van der Waals surface area (Å²) < 4.78 is 26.6. The van der Waals surface area contributed by atoms with Crippen LogP contribution in [0.4, 0.5) is 15.8 Å². The molecule has 4 N–H and O–H groups in total. The first kappa shape index (κ1) is 25.7. The number of rotatable bonds is 9. The van der Waals surface area contributed by atoms with Crippen LogP contribution in [0, 0.1) is 5.82 Å². The van der Waals surface area contributed by atoms with Crippen LogP contribution >= 0.6 is 11.3 Å². The summed E-state index contributed by atoms with van der Waals surface area (Å²) in [4.78, 5) is 26.2. The second kappa shape index (κ2) is 11.6. The summed E-state index contributed by atoms with van der Waals surface area (Å²) in [5, 5.41) is 12.8. The predicted octanol–water partition coefficient (Wildman–Crippen LogP) is 4.63. The second-order valence-corrected chi connectivity index (χ2v) is 9.81. The molecule has 2 amide bonds. The number of carbonyl (C=O) groups is 2. The number of halogens is 1. The summed E-state index contributed by atoms with van der Waals surface area (Å²) >= 11 is 1.35. The van der Waals surface area contributed by atoms with Crippen molar-refractivity contribution in [1.82, 2.24) is 10.6 Å². The molecule has 0 bridgehead atoms. The van der Waals surface area contributed by atoms with Gasteiger partial charge in [-0.2, -0.15) is 0 Å². The average molecular weight is 535 g/mol. The minimum atomic E-state index is -0.605. The number of carbonyl (C=O) groups excluding carboxylic acids is 2. The molecule has 2 heterocycles. The molecule has 1 aliphatic rings. The van der Waals surface area contributed by atoms with E-state index in [0.29, 0.717) is 40.8 Å². The molecule has 0 atom stereocenters. The third-order valence-electron chi connectivity index (χ3n) is 5.97. The van der Waals surface area contributed by atoms with E-state index in [9.17, 15) is 14.0 Å². The third-order valence-corrected chi connectivity index (χ3v) is 7.06. The molecule has 0 unspecified atom stereocenters. The van der Waals surface area contributed by atoms with Gasteiger partial charge in [-0.25, -0.2) is 4.39 Å². The van der Waals surface area contributed by atoms with Crippen molar-refractivity contribution in [3.8, 4) is 11.5 Å². The predicted molar refractivity (Wildman–Crippen MR) is 147 cm³/mol. The van der Waals surface area contributed by atoms with E-state index >= 15 is 0 Å². The number of amides is 2. The summed E-state index contributed by atoms with van der Waals surface area (Å²) in [6, 6.07) is 16.8. The molecule has 0 fully saturated rings. The highest BCUT2D eigenvalue weighted by atomic mass is 32.1. The van der Waals surface area contributed by atoms with Gasteiger partial charge in [-0.05, 0) is 66.5 Å². The molecule has 0 spiro atoms. The minimum absolute atomic E-state index is 0.0261. The zero-order valence-corrected chi connectivity index (χ0v) is 21.5. The van der Waals surface area contributed by atoms with E-state index in [1.54, 1.807) is 24.3 Å². The highest BCUT2D eigenvalue weighted by Gasteiger charge is 2.17. The van der Waals surface area contributed by atoms with E-state index in [2.05, 4.69) is 27.3 Å². The van der Waals surface area contributed by atoms with Crippen molar-refractivity contribution in [3.05, 3.63) is 82.5 Å². The first-order valence-electron chi connectivity index (χ1n) is 12.2. The number of likely N-dealkylation sites (N-methyl/N-ethyl adjacent to an activating group) is 1. The van der Waals surface area contributed by atoms with E-state index in [4.69, 9.17) is 9.47 Å². The molecule has 4 aromatic rings. The van der Waals surface area contributed by atoms with Crippen LogP contribution in [0.1, 0.15) is 25.6 Å². The first-order valence-corrected chi connectivity index (χ1v) is 13.0. The quantitative estimate of drug-likeness (QED) is 0.234. The van der Waals surface area contributed by atoms with Crippen molar-refractivity contribution in [1.29, 1.82) is 0 Å². The Bertz CT molecular complexity index is 1490. The van der Waals surface area contributed by atoms with Gasteiger partial charge in [0.25, 0.3) is 11.8 Å². The number of anilines is 2. The fraction of sp³-hybridized carbons (Fsp3) is 0.214. The van der Waals surface area contributed by atoms with E-state index < -0.39 is 17.6 Å². The molecule has 38 heavy (non-hydrogen) atoms. The molecule has 8 nitrogen and oxygen atoms in total. The zero-order valence-electron chi connectivity index (χ0n) is 20.7. The molecule has 196 valence electrons. The van der Waals surface area contributed by atoms with Gasteiger partial charge in [0.1, 0.15) is 19.0 Å². The molecular weight excluding hydrogens is 507 g/mol. The average Bonchev–Trinajstić information content (AvgIpc) is 3.36. The summed E-state index contributed by atoms with van der Waals surface area (Å²) in [6.45, 7) is 3.33. The Labute approximate surface area is 223 Å². The van der Waals surface area contributed by atoms with Gasteiger partial charge < -0.3 is 30.7 Å². The minimum Gasteiger partial charge on any atom is -0.486 e. The van der Waals surface area contributed by atoms with Gasteiger partial charge >= 0.3 is 0 Å². The molecule has 0 saturated carbocycles. The molecule has 10 heteroatoms. The van der Waals surface area contributed by atoms with Gasteiger partial charge in [0.05, 0.1) is 10.6 Å². The Morgan fingerprint density at radius 3 is 2.58 bits per heavy atom. The van der Waals surface area contributed by atoms with Crippen LogP contribution in [0.2, 0.25) is 0 Å². The van der Waals surface area contributed by atoms with Crippen molar-refractivity contribution < 1.29 is 23.5 Å². The SMILES string of the molecule is CNCCNCc1ccc2cc(C(=O)Nc3cc(NC(=O)c4ccc5c(c4)OCCO5)ccc3F)sc2c1. The van der Waals surface area contributed by atoms with E-state index in [0.717, 1.165) is 35.3 Å². The van der Waals surface area contributed by atoms with Crippen molar-refractivity contribution in [2.75, 3.05) is 44.0 Å². The zero-order chi connectivity index (χ0) is 26.5. The van der Waals surface area contributed by atoms with Gasteiger partial charge in [-0.15, -0.1) is 11.3 Å².